The largest absolute Gasteiger partial charge is 0.506 e. The van der Waals surface area contributed by atoms with Crippen molar-refractivity contribution in [3.05, 3.63) is 46.7 Å². The van der Waals surface area contributed by atoms with Crippen molar-refractivity contribution < 1.29 is 14.6 Å². The lowest BCUT2D eigenvalue weighted by Gasteiger charge is -2.14. The molecule has 3 aromatic heterocycles. The Balaban J connectivity index is 1.79. The van der Waals surface area contributed by atoms with Crippen molar-refractivity contribution in [3.63, 3.8) is 0 Å². The zero-order chi connectivity index (χ0) is 22.2. The van der Waals surface area contributed by atoms with Crippen molar-refractivity contribution in [3.8, 4) is 34.6 Å². The van der Waals surface area contributed by atoms with Gasteiger partial charge in [-0.05, 0) is 66.2 Å². The Labute approximate surface area is 193 Å². The maximum absolute atomic E-state index is 10.8. The second-order valence-electron chi connectivity index (χ2n) is 7.50. The maximum atomic E-state index is 10.8. The number of halogens is 1. The predicted octanol–water partition coefficient (Wildman–Crippen LogP) is 4.31. The summed E-state index contributed by atoms with van der Waals surface area (Å²) in [5, 5.41) is 10.8. The molecule has 0 saturated heterocycles. The summed E-state index contributed by atoms with van der Waals surface area (Å²) in [4.78, 5) is 18.8. The minimum absolute atomic E-state index is 0.00909. The van der Waals surface area contributed by atoms with Gasteiger partial charge in [0.1, 0.15) is 21.8 Å². The molecule has 0 bridgehead atoms. The van der Waals surface area contributed by atoms with Crippen molar-refractivity contribution in [2.75, 3.05) is 13.7 Å². The molecule has 4 aromatic rings. The molecule has 1 fully saturated rings. The smallest absolute Gasteiger partial charge is 0.223 e. The molecule has 1 aromatic carbocycles. The molecular weight excluding hydrogens is 474 g/mol. The number of rotatable bonds is 7. The van der Waals surface area contributed by atoms with E-state index in [2.05, 4.69) is 33.0 Å². The third-order valence-electron chi connectivity index (χ3n) is 5.23. The van der Waals surface area contributed by atoms with Crippen LogP contribution < -0.4 is 9.47 Å². The second-order valence-corrected chi connectivity index (χ2v) is 8.25. The van der Waals surface area contributed by atoms with Crippen LogP contribution in [0.3, 0.4) is 0 Å². The van der Waals surface area contributed by atoms with Crippen LogP contribution in [0.15, 0.2) is 28.9 Å². The van der Waals surface area contributed by atoms with Gasteiger partial charge in [-0.25, -0.2) is 19.9 Å². The number of imidazole rings is 1. The molecule has 1 aliphatic carbocycles. The van der Waals surface area contributed by atoms with Gasteiger partial charge < -0.3 is 14.6 Å². The van der Waals surface area contributed by atoms with Crippen molar-refractivity contribution in [1.29, 1.82) is 0 Å². The topological polar surface area (TPSA) is 95.2 Å². The van der Waals surface area contributed by atoms with Crippen LogP contribution in [0.1, 0.15) is 25.5 Å². The summed E-state index contributed by atoms with van der Waals surface area (Å²) < 4.78 is 13.4. The average molecular weight is 494 g/mol. The van der Waals surface area contributed by atoms with Crippen LogP contribution in [-0.2, 0) is 6.42 Å². The molecule has 1 aliphatic rings. The molecule has 162 valence electrons. The van der Waals surface area contributed by atoms with E-state index in [1.54, 1.807) is 35.9 Å². The molecule has 9 heteroatoms. The van der Waals surface area contributed by atoms with Gasteiger partial charge >= 0.3 is 0 Å². The highest BCUT2D eigenvalue weighted by Gasteiger charge is 2.27. The number of phenolic OH excluding ortho intramolecular Hbond substituents is 1. The SMILES string of the molecule is CCOc1cc#cc(-c2nc3nc(CC4CC4)c(Br)nc3n2-c2c(O)cccc2OC)n1. The predicted molar refractivity (Wildman–Crippen MR) is 121 cm³/mol. The van der Waals surface area contributed by atoms with Crippen LogP contribution in [0.4, 0.5) is 0 Å². The van der Waals surface area contributed by atoms with E-state index < -0.39 is 0 Å². The number of methoxy groups -OCH3 is 1. The molecule has 1 N–H and O–H groups in total. The van der Waals surface area contributed by atoms with Crippen molar-refractivity contribution >= 4 is 27.2 Å². The molecule has 0 atom stereocenters. The standard InChI is InChI=1S/C23H20BrN5O3/c1-3-32-18-9-4-6-14(25-18)22-28-21-23(27-20(24)15(26-21)12-13-10-11-13)29(22)19-16(30)7-5-8-17(19)31-2/h5,7-9,13,30H,3,10-12H2,1-2H3. The van der Waals surface area contributed by atoms with Gasteiger partial charge in [0.25, 0.3) is 0 Å². The molecule has 0 radical (unpaired) electrons. The van der Waals surface area contributed by atoms with Gasteiger partial charge in [-0.3, -0.25) is 4.57 Å². The number of fused-ring (bicyclic) bond motifs is 1. The first-order chi connectivity index (χ1) is 15.6. The lowest BCUT2D eigenvalue weighted by Crippen LogP contribution is -2.04. The maximum Gasteiger partial charge on any atom is 0.223 e. The minimum Gasteiger partial charge on any atom is -0.506 e. The fourth-order valence-electron chi connectivity index (χ4n) is 3.57. The monoisotopic (exact) mass is 493 g/mol. The first kappa shape index (κ1) is 20.5. The molecule has 3 heterocycles. The lowest BCUT2D eigenvalue weighted by molar-refractivity contribution is 0.327. The summed E-state index contributed by atoms with van der Waals surface area (Å²) >= 11 is 3.57. The zero-order valence-electron chi connectivity index (χ0n) is 17.6. The summed E-state index contributed by atoms with van der Waals surface area (Å²) in [5.74, 6) is 1.91. The van der Waals surface area contributed by atoms with Gasteiger partial charge in [-0.15, -0.1) is 0 Å². The number of hydrogen-bond acceptors (Lipinski definition) is 7. The molecule has 32 heavy (non-hydrogen) atoms. The average Bonchev–Trinajstić information content (AvgIpc) is 3.54. The lowest BCUT2D eigenvalue weighted by atomic mass is 10.2. The number of aromatic nitrogens is 5. The number of ether oxygens (including phenoxy) is 2. The number of phenols is 1. The third-order valence-corrected chi connectivity index (χ3v) is 5.87. The Kier molecular flexibility index (Phi) is 5.31. The van der Waals surface area contributed by atoms with Crippen LogP contribution in [0.5, 0.6) is 17.4 Å². The van der Waals surface area contributed by atoms with E-state index in [0.717, 1.165) is 12.1 Å². The highest BCUT2D eigenvalue weighted by molar-refractivity contribution is 9.10. The summed E-state index contributed by atoms with van der Waals surface area (Å²) in [5.41, 5.74) is 2.55. The molecule has 5 rings (SSSR count). The second kappa shape index (κ2) is 8.28. The van der Waals surface area contributed by atoms with E-state index in [4.69, 9.17) is 24.4 Å². The molecule has 0 unspecified atom stereocenters. The van der Waals surface area contributed by atoms with Crippen molar-refractivity contribution in [1.82, 2.24) is 24.5 Å². The molecular formula is C23H20BrN5O3. The van der Waals surface area contributed by atoms with Crippen LogP contribution in [-0.4, -0.2) is 43.3 Å². The zero-order valence-corrected chi connectivity index (χ0v) is 19.2. The van der Waals surface area contributed by atoms with E-state index in [9.17, 15) is 5.11 Å². The number of nitrogens with zero attached hydrogens (tertiary/aromatic N) is 5. The molecule has 0 amide bonds. The van der Waals surface area contributed by atoms with E-state index in [1.807, 2.05) is 6.92 Å². The molecule has 1 saturated carbocycles. The number of para-hydroxylation sites is 1. The van der Waals surface area contributed by atoms with Crippen LogP contribution in [0.25, 0.3) is 28.5 Å². The molecule has 0 spiro atoms. The first-order valence-corrected chi connectivity index (χ1v) is 11.1. The fraction of sp³-hybridized carbons (Fsp3) is 0.304. The Bertz CT molecular complexity index is 1300. The van der Waals surface area contributed by atoms with E-state index >= 15 is 0 Å². The summed E-state index contributed by atoms with van der Waals surface area (Å²) in [6.07, 6.45) is 3.27. The summed E-state index contributed by atoms with van der Waals surface area (Å²) in [7, 11) is 1.54. The number of hydrogen-bond donors (Lipinski definition) is 1. The highest BCUT2D eigenvalue weighted by atomic mass is 79.9. The Morgan fingerprint density at radius 3 is 2.81 bits per heavy atom. The Morgan fingerprint density at radius 2 is 2.06 bits per heavy atom. The van der Waals surface area contributed by atoms with Gasteiger partial charge in [0, 0.05) is 0 Å². The van der Waals surface area contributed by atoms with E-state index in [-0.39, 0.29) is 5.75 Å². The van der Waals surface area contributed by atoms with Gasteiger partial charge in [0.2, 0.25) is 5.88 Å². The molecule has 0 aliphatic heterocycles. The van der Waals surface area contributed by atoms with Gasteiger partial charge in [0.05, 0.1) is 25.5 Å². The Morgan fingerprint density at radius 1 is 1.22 bits per heavy atom. The van der Waals surface area contributed by atoms with Crippen LogP contribution in [0, 0.1) is 18.1 Å². The van der Waals surface area contributed by atoms with Crippen LogP contribution >= 0.6 is 15.9 Å². The van der Waals surface area contributed by atoms with Gasteiger partial charge in [-0.1, -0.05) is 12.1 Å². The van der Waals surface area contributed by atoms with E-state index in [0.29, 0.717) is 57.3 Å². The van der Waals surface area contributed by atoms with E-state index in [1.165, 1.54) is 12.8 Å². The third kappa shape index (κ3) is 3.71. The normalized spacial score (nSPS) is 13.2. The van der Waals surface area contributed by atoms with Gasteiger partial charge in [-0.2, -0.15) is 0 Å². The fourth-order valence-corrected chi connectivity index (χ4v) is 3.99. The molecule has 8 nitrogen and oxygen atoms in total. The summed E-state index contributed by atoms with van der Waals surface area (Å²) in [6, 6.07) is 12.6. The van der Waals surface area contributed by atoms with Gasteiger partial charge in [0.15, 0.2) is 22.8 Å². The number of aromatic hydroxyl groups is 1. The van der Waals surface area contributed by atoms with Crippen molar-refractivity contribution in [2.24, 2.45) is 5.92 Å². The van der Waals surface area contributed by atoms with Crippen LogP contribution in [0.2, 0.25) is 0 Å². The summed E-state index contributed by atoms with van der Waals surface area (Å²) in [6.45, 7) is 2.35. The Hall–Kier alpha value is -3.38. The number of benzene rings is 1. The highest BCUT2D eigenvalue weighted by Crippen LogP contribution is 2.38. The van der Waals surface area contributed by atoms with Crippen molar-refractivity contribution in [2.45, 2.75) is 26.2 Å². The minimum atomic E-state index is 0.00909. The first-order valence-electron chi connectivity index (χ1n) is 10.3. The quantitative estimate of drug-likeness (QED) is 0.409.